The zero-order valence-corrected chi connectivity index (χ0v) is 18.3. The number of benzene rings is 4. The molecule has 0 aliphatic heterocycles. The average Bonchev–Trinajstić information content (AvgIpc) is 2.80. The van der Waals surface area contributed by atoms with Crippen molar-refractivity contribution in [2.75, 3.05) is 6.61 Å². The quantitative estimate of drug-likeness (QED) is 0.254. The predicted molar refractivity (Wildman–Crippen MR) is 123 cm³/mol. The lowest BCUT2D eigenvalue weighted by Gasteiger charge is -2.10. The fourth-order valence-corrected chi connectivity index (χ4v) is 3.98. The number of hydrogen-bond acceptors (Lipinski definition) is 1. The Labute approximate surface area is 190 Å². The third-order valence-electron chi connectivity index (χ3n) is 5.78. The number of rotatable bonds is 8. The van der Waals surface area contributed by atoms with Crippen molar-refractivity contribution in [3.05, 3.63) is 112 Å². The normalized spacial score (nSPS) is 11.2. The van der Waals surface area contributed by atoms with Crippen LogP contribution in [0.25, 0.3) is 10.8 Å². The standard InChI is InChI=1S/C28H24F4O/c1-2-33-23-12-11-20(26(30)17-23)7-3-18-5-13-24-22(15-18)10-9-21(28(24)32)8-4-19-6-14-25(29)27(31)16-19/h5-6,9-17H,2-4,7-8H2,1H3. The van der Waals surface area contributed by atoms with Crippen molar-refractivity contribution >= 4 is 10.8 Å². The molecule has 0 heterocycles. The molecule has 0 aromatic heterocycles. The molecule has 0 saturated carbocycles. The van der Waals surface area contributed by atoms with Gasteiger partial charge in [0.25, 0.3) is 0 Å². The topological polar surface area (TPSA) is 9.23 Å². The first-order valence-electron chi connectivity index (χ1n) is 11.0. The minimum Gasteiger partial charge on any atom is -0.494 e. The van der Waals surface area contributed by atoms with Crippen molar-refractivity contribution in [3.8, 4) is 5.75 Å². The molecule has 0 unspecified atom stereocenters. The van der Waals surface area contributed by atoms with E-state index in [2.05, 4.69) is 0 Å². The maximum atomic E-state index is 15.1. The first kappa shape index (κ1) is 22.8. The predicted octanol–water partition coefficient (Wildman–Crippen LogP) is 7.37. The van der Waals surface area contributed by atoms with E-state index in [4.69, 9.17) is 4.74 Å². The van der Waals surface area contributed by atoms with Gasteiger partial charge < -0.3 is 4.74 Å². The minimum atomic E-state index is -0.899. The fraction of sp³-hybridized carbons (Fsp3) is 0.214. The number of fused-ring (bicyclic) bond motifs is 1. The Balaban J connectivity index is 1.45. The summed E-state index contributed by atoms with van der Waals surface area (Å²) in [6.45, 7) is 2.34. The van der Waals surface area contributed by atoms with Crippen LogP contribution in [0.4, 0.5) is 17.6 Å². The third kappa shape index (κ3) is 5.36. The molecule has 0 N–H and O–H groups in total. The molecular formula is C28H24F4O. The van der Waals surface area contributed by atoms with Crippen LogP contribution in [0.5, 0.6) is 5.75 Å². The molecular weight excluding hydrogens is 428 g/mol. The maximum Gasteiger partial charge on any atom is 0.159 e. The van der Waals surface area contributed by atoms with E-state index in [1.807, 2.05) is 25.1 Å². The number of ether oxygens (including phenoxy) is 1. The summed E-state index contributed by atoms with van der Waals surface area (Å²) in [6.07, 6.45) is 1.94. The SMILES string of the molecule is CCOc1ccc(CCc2ccc3c(F)c(CCc4ccc(F)c(F)c4)ccc3c2)c(F)c1. The molecule has 0 fully saturated rings. The summed E-state index contributed by atoms with van der Waals surface area (Å²) >= 11 is 0. The fourth-order valence-electron chi connectivity index (χ4n) is 3.98. The molecule has 0 radical (unpaired) electrons. The molecule has 1 nitrogen and oxygen atoms in total. The van der Waals surface area contributed by atoms with E-state index in [0.29, 0.717) is 60.1 Å². The zero-order chi connectivity index (χ0) is 23.4. The van der Waals surface area contributed by atoms with Gasteiger partial charge in [-0.2, -0.15) is 0 Å². The highest BCUT2D eigenvalue weighted by molar-refractivity contribution is 5.84. The van der Waals surface area contributed by atoms with Crippen molar-refractivity contribution in [1.29, 1.82) is 0 Å². The van der Waals surface area contributed by atoms with E-state index in [-0.39, 0.29) is 11.6 Å². The van der Waals surface area contributed by atoms with Crippen molar-refractivity contribution in [2.45, 2.75) is 32.6 Å². The van der Waals surface area contributed by atoms with Crippen LogP contribution in [0.3, 0.4) is 0 Å². The van der Waals surface area contributed by atoms with Gasteiger partial charge in [0.1, 0.15) is 17.4 Å². The molecule has 0 bridgehead atoms. The van der Waals surface area contributed by atoms with Crippen LogP contribution < -0.4 is 4.74 Å². The lowest BCUT2D eigenvalue weighted by atomic mass is 9.97. The Bertz CT molecular complexity index is 1280. The molecule has 0 saturated heterocycles. The van der Waals surface area contributed by atoms with E-state index in [1.165, 1.54) is 12.1 Å². The van der Waals surface area contributed by atoms with Gasteiger partial charge in [0, 0.05) is 11.5 Å². The van der Waals surface area contributed by atoms with E-state index >= 15 is 4.39 Å². The largest absolute Gasteiger partial charge is 0.494 e. The maximum absolute atomic E-state index is 15.1. The van der Waals surface area contributed by atoms with Gasteiger partial charge in [0.2, 0.25) is 0 Å². The molecule has 0 aliphatic carbocycles. The van der Waals surface area contributed by atoms with E-state index < -0.39 is 11.6 Å². The van der Waals surface area contributed by atoms with Gasteiger partial charge >= 0.3 is 0 Å². The monoisotopic (exact) mass is 452 g/mol. The lowest BCUT2D eigenvalue weighted by Crippen LogP contribution is -1.99. The Morgan fingerprint density at radius 1 is 0.606 bits per heavy atom. The minimum absolute atomic E-state index is 0.293. The zero-order valence-electron chi connectivity index (χ0n) is 18.3. The second kappa shape index (κ2) is 10.1. The highest BCUT2D eigenvalue weighted by atomic mass is 19.2. The van der Waals surface area contributed by atoms with E-state index in [1.54, 1.807) is 24.3 Å². The number of aryl methyl sites for hydroxylation is 4. The van der Waals surface area contributed by atoms with E-state index in [0.717, 1.165) is 23.1 Å². The van der Waals surface area contributed by atoms with Crippen LogP contribution in [-0.2, 0) is 25.7 Å². The second-order valence-corrected chi connectivity index (χ2v) is 8.03. The molecule has 33 heavy (non-hydrogen) atoms. The molecule has 0 aliphatic rings. The summed E-state index contributed by atoms with van der Waals surface area (Å²) in [5, 5.41) is 1.28. The van der Waals surface area contributed by atoms with Crippen LogP contribution in [0.2, 0.25) is 0 Å². The number of hydrogen-bond donors (Lipinski definition) is 0. The van der Waals surface area contributed by atoms with E-state index in [9.17, 15) is 13.2 Å². The van der Waals surface area contributed by atoms with Gasteiger partial charge in [0.05, 0.1) is 6.61 Å². The van der Waals surface area contributed by atoms with Crippen LogP contribution in [0.1, 0.15) is 29.2 Å². The summed E-state index contributed by atoms with van der Waals surface area (Å²) in [5.74, 6) is -1.88. The molecule has 0 spiro atoms. The summed E-state index contributed by atoms with van der Waals surface area (Å²) < 4.78 is 61.2. The Morgan fingerprint density at radius 2 is 1.30 bits per heavy atom. The second-order valence-electron chi connectivity index (χ2n) is 8.03. The highest BCUT2D eigenvalue weighted by Gasteiger charge is 2.11. The summed E-state index contributed by atoms with van der Waals surface area (Å²) in [6, 6.07) is 17.8. The smallest absolute Gasteiger partial charge is 0.159 e. The van der Waals surface area contributed by atoms with Gasteiger partial charge in [-0.15, -0.1) is 0 Å². The van der Waals surface area contributed by atoms with Crippen LogP contribution in [0.15, 0.2) is 66.7 Å². The van der Waals surface area contributed by atoms with Gasteiger partial charge in [-0.25, -0.2) is 17.6 Å². The molecule has 170 valence electrons. The first-order chi connectivity index (χ1) is 15.9. The van der Waals surface area contributed by atoms with Crippen molar-refractivity contribution in [2.24, 2.45) is 0 Å². The van der Waals surface area contributed by atoms with Crippen LogP contribution in [-0.4, -0.2) is 6.61 Å². The van der Waals surface area contributed by atoms with Gasteiger partial charge in [0.15, 0.2) is 11.6 Å². The summed E-state index contributed by atoms with van der Waals surface area (Å²) in [4.78, 5) is 0. The van der Waals surface area contributed by atoms with Crippen molar-refractivity contribution in [3.63, 3.8) is 0 Å². The van der Waals surface area contributed by atoms with Gasteiger partial charge in [-0.3, -0.25) is 0 Å². The molecule has 0 atom stereocenters. The Hall–Kier alpha value is -3.34. The highest BCUT2D eigenvalue weighted by Crippen LogP contribution is 2.25. The van der Waals surface area contributed by atoms with Crippen LogP contribution >= 0.6 is 0 Å². The van der Waals surface area contributed by atoms with Crippen LogP contribution in [0, 0.1) is 23.3 Å². The van der Waals surface area contributed by atoms with Crippen molar-refractivity contribution < 1.29 is 22.3 Å². The Morgan fingerprint density at radius 3 is 2.03 bits per heavy atom. The van der Waals surface area contributed by atoms with Crippen molar-refractivity contribution in [1.82, 2.24) is 0 Å². The van der Waals surface area contributed by atoms with Gasteiger partial charge in [-0.05, 0) is 78.4 Å². The Kier molecular flexibility index (Phi) is 6.97. The molecule has 0 amide bonds. The molecule has 4 aromatic carbocycles. The summed E-state index contributed by atoms with van der Waals surface area (Å²) in [7, 11) is 0. The number of halogens is 4. The molecule has 4 rings (SSSR count). The summed E-state index contributed by atoms with van der Waals surface area (Å²) in [5.41, 5.74) is 2.74. The average molecular weight is 452 g/mol. The third-order valence-corrected chi connectivity index (χ3v) is 5.78. The molecule has 5 heteroatoms. The van der Waals surface area contributed by atoms with Gasteiger partial charge in [-0.1, -0.05) is 42.5 Å². The molecule has 4 aromatic rings. The lowest BCUT2D eigenvalue weighted by molar-refractivity contribution is 0.338. The first-order valence-corrected chi connectivity index (χ1v) is 11.0.